The number of rotatable bonds is 7. The number of carbonyl (C=O) groups excluding carboxylic acids is 2. The number of carbonyl (C=O) groups is 3. The Bertz CT molecular complexity index is 528. The monoisotopic (exact) mass is 292 g/mol. The third kappa shape index (κ3) is 5.64. The molecule has 0 bridgehead atoms. The Labute approximate surface area is 123 Å². The second kappa shape index (κ2) is 8.04. The van der Waals surface area contributed by atoms with E-state index < -0.39 is 18.0 Å². The van der Waals surface area contributed by atoms with Crippen molar-refractivity contribution in [3.63, 3.8) is 0 Å². The van der Waals surface area contributed by atoms with Crippen LogP contribution in [-0.2, 0) is 4.79 Å². The molecule has 0 heterocycles. The van der Waals surface area contributed by atoms with E-state index in [1.807, 2.05) is 6.92 Å². The number of ketones is 1. The third-order valence-corrected chi connectivity index (χ3v) is 2.98. The van der Waals surface area contributed by atoms with Gasteiger partial charge in [0.05, 0.1) is 0 Å². The first kappa shape index (κ1) is 16.7. The molecule has 0 aliphatic carbocycles. The topological polar surface area (TPSA) is 95.5 Å². The zero-order valence-corrected chi connectivity index (χ0v) is 12.2. The molecule has 21 heavy (non-hydrogen) atoms. The summed E-state index contributed by atoms with van der Waals surface area (Å²) in [6.45, 7) is 3.39. The fourth-order valence-electron chi connectivity index (χ4n) is 1.81. The quantitative estimate of drug-likeness (QED) is 0.673. The van der Waals surface area contributed by atoms with E-state index in [0.29, 0.717) is 17.7 Å². The minimum absolute atomic E-state index is 0.106. The van der Waals surface area contributed by atoms with Gasteiger partial charge in [0.15, 0.2) is 5.78 Å². The van der Waals surface area contributed by atoms with Crippen LogP contribution in [0.1, 0.15) is 43.5 Å². The van der Waals surface area contributed by atoms with Crippen LogP contribution in [-0.4, -0.2) is 28.9 Å². The highest BCUT2D eigenvalue weighted by Gasteiger charge is 2.19. The first-order chi connectivity index (χ1) is 9.93. The molecule has 0 saturated heterocycles. The van der Waals surface area contributed by atoms with E-state index in [4.69, 9.17) is 5.11 Å². The summed E-state index contributed by atoms with van der Waals surface area (Å²) in [5.41, 5.74) is 0.924. The highest BCUT2D eigenvalue weighted by atomic mass is 16.4. The molecule has 114 valence electrons. The Morgan fingerprint density at radius 3 is 2.57 bits per heavy atom. The molecule has 0 spiro atoms. The van der Waals surface area contributed by atoms with Gasteiger partial charge in [0.2, 0.25) is 0 Å². The van der Waals surface area contributed by atoms with Crippen LogP contribution in [0, 0.1) is 0 Å². The molecule has 1 unspecified atom stereocenters. The first-order valence-corrected chi connectivity index (χ1v) is 6.85. The predicted octanol–water partition coefficient (Wildman–Crippen LogP) is 2.65. The van der Waals surface area contributed by atoms with Gasteiger partial charge in [-0.25, -0.2) is 9.59 Å². The van der Waals surface area contributed by atoms with E-state index in [-0.39, 0.29) is 5.78 Å². The van der Waals surface area contributed by atoms with E-state index >= 15 is 0 Å². The van der Waals surface area contributed by atoms with E-state index in [9.17, 15) is 14.4 Å². The van der Waals surface area contributed by atoms with Crippen molar-refractivity contribution in [1.82, 2.24) is 5.32 Å². The summed E-state index contributed by atoms with van der Waals surface area (Å²) < 4.78 is 0. The summed E-state index contributed by atoms with van der Waals surface area (Å²) in [6, 6.07) is 4.96. The number of carboxylic acids is 1. The SMILES string of the molecule is CCCCC(NC(=O)Nc1cccc(C(C)=O)c1)C(=O)O. The number of nitrogens with one attached hydrogen (secondary N) is 2. The Morgan fingerprint density at radius 1 is 1.29 bits per heavy atom. The van der Waals surface area contributed by atoms with Crippen molar-refractivity contribution < 1.29 is 19.5 Å². The second-order valence-electron chi connectivity index (χ2n) is 4.77. The maximum atomic E-state index is 11.8. The number of Topliss-reactive ketones (excluding diaryl/α,β-unsaturated/α-hetero) is 1. The first-order valence-electron chi connectivity index (χ1n) is 6.85. The largest absolute Gasteiger partial charge is 0.480 e. The molecule has 2 amide bonds. The van der Waals surface area contributed by atoms with Crippen LogP contribution in [0.15, 0.2) is 24.3 Å². The number of unbranched alkanes of at least 4 members (excludes halogenated alkanes) is 1. The maximum absolute atomic E-state index is 11.8. The standard InChI is InChI=1S/C15H20N2O4/c1-3-4-8-13(14(19)20)17-15(21)16-12-7-5-6-11(9-12)10(2)18/h5-7,9,13H,3-4,8H2,1-2H3,(H,19,20)(H2,16,17,21). The fraction of sp³-hybridized carbons (Fsp3) is 0.400. The smallest absolute Gasteiger partial charge is 0.326 e. The second-order valence-corrected chi connectivity index (χ2v) is 4.77. The molecule has 1 aromatic rings. The lowest BCUT2D eigenvalue weighted by molar-refractivity contribution is -0.139. The van der Waals surface area contributed by atoms with Crippen molar-refractivity contribution in [3.8, 4) is 0 Å². The number of hydrogen-bond donors (Lipinski definition) is 3. The normalized spacial score (nSPS) is 11.5. The van der Waals surface area contributed by atoms with Crippen molar-refractivity contribution in [3.05, 3.63) is 29.8 Å². The number of aliphatic carboxylic acids is 1. The van der Waals surface area contributed by atoms with Crippen molar-refractivity contribution in [2.24, 2.45) is 0 Å². The molecule has 0 aliphatic heterocycles. The number of hydrogen-bond acceptors (Lipinski definition) is 3. The van der Waals surface area contributed by atoms with Gasteiger partial charge >= 0.3 is 12.0 Å². The van der Waals surface area contributed by atoms with Gasteiger partial charge in [0, 0.05) is 11.3 Å². The third-order valence-electron chi connectivity index (χ3n) is 2.98. The van der Waals surface area contributed by atoms with Crippen molar-refractivity contribution in [2.75, 3.05) is 5.32 Å². The average Bonchev–Trinajstić information content (AvgIpc) is 2.43. The van der Waals surface area contributed by atoms with Gasteiger partial charge in [-0.3, -0.25) is 4.79 Å². The van der Waals surface area contributed by atoms with Crippen molar-refractivity contribution in [1.29, 1.82) is 0 Å². The Kier molecular flexibility index (Phi) is 6.39. The van der Waals surface area contributed by atoms with Crippen LogP contribution in [0.5, 0.6) is 0 Å². The fourth-order valence-corrected chi connectivity index (χ4v) is 1.81. The molecule has 3 N–H and O–H groups in total. The Hall–Kier alpha value is -2.37. The van der Waals surface area contributed by atoms with Gasteiger partial charge in [-0.15, -0.1) is 0 Å². The Balaban J connectivity index is 2.65. The molecule has 0 saturated carbocycles. The van der Waals surface area contributed by atoms with Crippen LogP contribution < -0.4 is 10.6 Å². The lowest BCUT2D eigenvalue weighted by atomic mass is 10.1. The highest BCUT2D eigenvalue weighted by Crippen LogP contribution is 2.11. The maximum Gasteiger partial charge on any atom is 0.326 e. The molecule has 0 fully saturated rings. The minimum atomic E-state index is -1.06. The lowest BCUT2D eigenvalue weighted by Gasteiger charge is -2.15. The average molecular weight is 292 g/mol. The molecule has 0 aromatic heterocycles. The van der Waals surface area contributed by atoms with Gasteiger partial charge in [-0.1, -0.05) is 31.9 Å². The van der Waals surface area contributed by atoms with Gasteiger partial charge in [0.25, 0.3) is 0 Å². The van der Waals surface area contributed by atoms with Crippen LogP contribution in [0.2, 0.25) is 0 Å². The van der Waals surface area contributed by atoms with E-state index in [0.717, 1.165) is 12.8 Å². The molecule has 0 aliphatic rings. The molecular formula is C15H20N2O4. The summed E-state index contributed by atoms with van der Waals surface area (Å²) in [4.78, 5) is 34.1. The summed E-state index contributed by atoms with van der Waals surface area (Å²) in [6.07, 6.45) is 1.96. The summed E-state index contributed by atoms with van der Waals surface area (Å²) >= 11 is 0. The van der Waals surface area contributed by atoms with Gasteiger partial charge in [-0.05, 0) is 25.5 Å². The molecule has 1 rings (SSSR count). The van der Waals surface area contributed by atoms with Crippen LogP contribution in [0.3, 0.4) is 0 Å². The molecular weight excluding hydrogens is 272 g/mol. The van der Waals surface area contributed by atoms with E-state index in [1.165, 1.54) is 6.92 Å². The summed E-state index contributed by atoms with van der Waals surface area (Å²) in [5, 5.41) is 14.0. The van der Waals surface area contributed by atoms with Gasteiger partial charge < -0.3 is 15.7 Å². The van der Waals surface area contributed by atoms with Crippen LogP contribution in [0.4, 0.5) is 10.5 Å². The van der Waals surface area contributed by atoms with Crippen LogP contribution in [0.25, 0.3) is 0 Å². The summed E-state index contributed by atoms with van der Waals surface area (Å²) in [7, 11) is 0. The van der Waals surface area contributed by atoms with Crippen LogP contribution >= 0.6 is 0 Å². The van der Waals surface area contributed by atoms with Gasteiger partial charge in [0.1, 0.15) is 6.04 Å². The van der Waals surface area contributed by atoms with Crippen molar-refractivity contribution >= 4 is 23.5 Å². The number of anilines is 1. The minimum Gasteiger partial charge on any atom is -0.480 e. The molecule has 6 heteroatoms. The highest BCUT2D eigenvalue weighted by molar-refractivity contribution is 5.97. The van der Waals surface area contributed by atoms with E-state index in [2.05, 4.69) is 10.6 Å². The zero-order valence-electron chi connectivity index (χ0n) is 12.2. The number of carboxylic acid groups (broad SMARTS) is 1. The van der Waals surface area contributed by atoms with Crippen molar-refractivity contribution in [2.45, 2.75) is 39.2 Å². The zero-order chi connectivity index (χ0) is 15.8. The summed E-state index contributed by atoms with van der Waals surface area (Å²) in [5.74, 6) is -1.17. The Morgan fingerprint density at radius 2 is 2.00 bits per heavy atom. The predicted molar refractivity (Wildman–Crippen MR) is 79.5 cm³/mol. The molecule has 1 atom stereocenters. The molecule has 0 radical (unpaired) electrons. The molecule has 6 nitrogen and oxygen atoms in total. The number of amides is 2. The van der Waals surface area contributed by atoms with E-state index in [1.54, 1.807) is 24.3 Å². The number of benzene rings is 1. The number of urea groups is 1. The lowest BCUT2D eigenvalue weighted by Crippen LogP contribution is -2.42. The van der Waals surface area contributed by atoms with Gasteiger partial charge in [-0.2, -0.15) is 0 Å². The molecule has 1 aromatic carbocycles.